The molecule has 0 atom stereocenters. The normalized spacial score (nSPS) is 15.8. The van der Waals surface area contributed by atoms with Gasteiger partial charge in [0.25, 0.3) is 0 Å². The van der Waals surface area contributed by atoms with Crippen molar-refractivity contribution in [2.24, 2.45) is 4.99 Å². The molecule has 2 N–H and O–H groups in total. The van der Waals surface area contributed by atoms with Gasteiger partial charge in [-0.2, -0.15) is 5.10 Å². The lowest BCUT2D eigenvalue weighted by Gasteiger charge is -2.22. The number of aryl methyl sites for hydroxylation is 1. The number of nitrogens with zero attached hydrogens (tertiary/aromatic N) is 3. The number of halogens is 1. The summed E-state index contributed by atoms with van der Waals surface area (Å²) in [7, 11) is 1.80. The van der Waals surface area contributed by atoms with Crippen molar-refractivity contribution in [3.63, 3.8) is 0 Å². The van der Waals surface area contributed by atoms with Crippen molar-refractivity contribution < 1.29 is 4.74 Å². The van der Waals surface area contributed by atoms with Crippen molar-refractivity contribution in [1.82, 2.24) is 20.4 Å². The SMILES string of the molecule is CN=C(NCCCOC1CCCCC1)NCCn1cc(C)cn1.I. The smallest absolute Gasteiger partial charge is 0.191 e. The monoisotopic (exact) mass is 449 g/mol. The Morgan fingerprint density at radius 3 is 2.71 bits per heavy atom. The lowest BCUT2D eigenvalue weighted by atomic mass is 9.98. The van der Waals surface area contributed by atoms with E-state index in [0.717, 1.165) is 38.6 Å². The molecule has 0 bridgehead atoms. The van der Waals surface area contributed by atoms with E-state index in [1.807, 2.05) is 24.0 Å². The highest BCUT2D eigenvalue weighted by Gasteiger charge is 2.12. The second-order valence-electron chi connectivity index (χ2n) is 6.19. The second-order valence-corrected chi connectivity index (χ2v) is 6.19. The van der Waals surface area contributed by atoms with E-state index >= 15 is 0 Å². The fraction of sp³-hybridized carbons (Fsp3) is 0.765. The van der Waals surface area contributed by atoms with Gasteiger partial charge in [-0.3, -0.25) is 9.67 Å². The molecule has 0 amide bonds. The van der Waals surface area contributed by atoms with E-state index in [1.165, 1.54) is 37.7 Å². The van der Waals surface area contributed by atoms with E-state index in [-0.39, 0.29) is 24.0 Å². The van der Waals surface area contributed by atoms with Gasteiger partial charge in [-0.05, 0) is 31.7 Å². The van der Waals surface area contributed by atoms with Crippen LogP contribution in [-0.4, -0.2) is 48.6 Å². The Labute approximate surface area is 162 Å². The summed E-state index contributed by atoms with van der Waals surface area (Å²) in [4.78, 5) is 4.24. The molecule has 0 aliphatic heterocycles. The Kier molecular flexibility index (Phi) is 11.1. The maximum absolute atomic E-state index is 5.93. The molecule has 1 saturated carbocycles. The molecule has 6 nitrogen and oxygen atoms in total. The third-order valence-corrected chi connectivity index (χ3v) is 4.14. The van der Waals surface area contributed by atoms with Crippen molar-refractivity contribution in [2.45, 2.75) is 58.1 Å². The largest absolute Gasteiger partial charge is 0.378 e. The van der Waals surface area contributed by atoms with E-state index in [2.05, 4.69) is 20.7 Å². The van der Waals surface area contributed by atoms with Crippen molar-refractivity contribution >= 4 is 29.9 Å². The topological polar surface area (TPSA) is 63.5 Å². The highest BCUT2D eigenvalue weighted by Crippen LogP contribution is 2.20. The molecule has 138 valence electrons. The molecule has 1 fully saturated rings. The minimum atomic E-state index is 0. The third kappa shape index (κ3) is 8.32. The van der Waals surface area contributed by atoms with Gasteiger partial charge in [0.2, 0.25) is 0 Å². The highest BCUT2D eigenvalue weighted by atomic mass is 127. The number of ether oxygens (including phenoxy) is 1. The maximum atomic E-state index is 5.93. The molecule has 7 heteroatoms. The summed E-state index contributed by atoms with van der Waals surface area (Å²) in [5.74, 6) is 0.839. The van der Waals surface area contributed by atoms with Gasteiger partial charge in [0.15, 0.2) is 5.96 Å². The van der Waals surface area contributed by atoms with Crippen LogP contribution in [0.2, 0.25) is 0 Å². The molecule has 0 aromatic carbocycles. The molecule has 1 aliphatic carbocycles. The van der Waals surface area contributed by atoms with Gasteiger partial charge in [0, 0.05) is 32.9 Å². The predicted molar refractivity (Wildman–Crippen MR) is 109 cm³/mol. The van der Waals surface area contributed by atoms with Gasteiger partial charge in [-0.1, -0.05) is 19.3 Å². The lowest BCUT2D eigenvalue weighted by molar-refractivity contribution is 0.0277. The molecule has 1 heterocycles. The fourth-order valence-electron chi connectivity index (χ4n) is 2.86. The Bertz CT molecular complexity index is 471. The lowest BCUT2D eigenvalue weighted by Crippen LogP contribution is -2.39. The van der Waals surface area contributed by atoms with Crippen LogP contribution < -0.4 is 10.6 Å². The molecule has 0 radical (unpaired) electrons. The molecule has 0 unspecified atom stereocenters. The van der Waals surface area contributed by atoms with Crippen molar-refractivity contribution in [1.29, 1.82) is 0 Å². The molecule has 1 aliphatic rings. The minimum Gasteiger partial charge on any atom is -0.378 e. The average Bonchev–Trinajstić information content (AvgIpc) is 2.99. The molecule has 1 aromatic heterocycles. The van der Waals surface area contributed by atoms with E-state index in [9.17, 15) is 0 Å². The molecule has 0 saturated heterocycles. The molecule has 24 heavy (non-hydrogen) atoms. The molecular weight excluding hydrogens is 417 g/mol. The van der Waals surface area contributed by atoms with Gasteiger partial charge in [-0.15, -0.1) is 24.0 Å². The number of rotatable bonds is 8. The third-order valence-electron chi connectivity index (χ3n) is 4.14. The average molecular weight is 449 g/mol. The summed E-state index contributed by atoms with van der Waals surface area (Å²) in [6, 6.07) is 0. The quantitative estimate of drug-likeness (QED) is 0.277. The van der Waals surface area contributed by atoms with Gasteiger partial charge in [0.05, 0.1) is 18.8 Å². The summed E-state index contributed by atoms with van der Waals surface area (Å²) >= 11 is 0. The summed E-state index contributed by atoms with van der Waals surface area (Å²) < 4.78 is 7.87. The first-order valence-electron chi connectivity index (χ1n) is 8.83. The van der Waals surface area contributed by atoms with Crippen LogP contribution in [0.4, 0.5) is 0 Å². The molecular formula is C17H32IN5O. The first-order chi connectivity index (χ1) is 11.3. The first-order valence-corrected chi connectivity index (χ1v) is 8.83. The molecule has 0 spiro atoms. The number of guanidine groups is 1. The summed E-state index contributed by atoms with van der Waals surface area (Å²) in [5.41, 5.74) is 1.19. The zero-order valence-electron chi connectivity index (χ0n) is 15.0. The zero-order valence-corrected chi connectivity index (χ0v) is 17.3. The Hall–Kier alpha value is -0.830. The molecule has 2 rings (SSSR count). The van der Waals surface area contributed by atoms with Gasteiger partial charge < -0.3 is 15.4 Å². The molecule has 1 aromatic rings. The van der Waals surface area contributed by atoms with Crippen molar-refractivity contribution in [3.8, 4) is 0 Å². The fourth-order valence-corrected chi connectivity index (χ4v) is 2.86. The van der Waals surface area contributed by atoms with Crippen LogP contribution in [0.15, 0.2) is 17.4 Å². The number of hydrogen-bond acceptors (Lipinski definition) is 3. The Morgan fingerprint density at radius 2 is 2.04 bits per heavy atom. The van der Waals surface area contributed by atoms with Crippen LogP contribution in [0.25, 0.3) is 0 Å². The van der Waals surface area contributed by atoms with Crippen LogP contribution in [0.1, 0.15) is 44.1 Å². The first kappa shape index (κ1) is 21.2. The van der Waals surface area contributed by atoms with Crippen LogP contribution in [-0.2, 0) is 11.3 Å². The summed E-state index contributed by atoms with van der Waals surface area (Å²) in [5, 5.41) is 10.9. The van der Waals surface area contributed by atoms with Crippen molar-refractivity contribution in [2.75, 3.05) is 26.7 Å². The second kappa shape index (κ2) is 12.5. The van der Waals surface area contributed by atoms with Crippen molar-refractivity contribution in [3.05, 3.63) is 18.0 Å². The summed E-state index contributed by atoms with van der Waals surface area (Å²) in [6.45, 7) is 5.40. The van der Waals surface area contributed by atoms with E-state index in [0.29, 0.717) is 6.10 Å². The zero-order chi connectivity index (χ0) is 16.3. The van der Waals surface area contributed by atoms with Gasteiger partial charge in [-0.25, -0.2) is 0 Å². The standard InChI is InChI=1S/C17H31N5O.HI/c1-15-13-21-22(14-15)11-10-20-17(18-2)19-9-6-12-23-16-7-4-3-5-8-16;/h13-14,16H,3-12H2,1-2H3,(H2,18,19,20);1H. The number of nitrogens with one attached hydrogen (secondary N) is 2. The maximum Gasteiger partial charge on any atom is 0.191 e. The van der Waals surface area contributed by atoms with E-state index < -0.39 is 0 Å². The van der Waals surface area contributed by atoms with Crippen LogP contribution in [0.3, 0.4) is 0 Å². The Balaban J connectivity index is 0.00000288. The Morgan fingerprint density at radius 1 is 1.29 bits per heavy atom. The van der Waals surface area contributed by atoms with Gasteiger partial charge in [0.1, 0.15) is 0 Å². The van der Waals surface area contributed by atoms with Gasteiger partial charge >= 0.3 is 0 Å². The number of aliphatic imine (C=N–C) groups is 1. The van der Waals surface area contributed by atoms with E-state index in [1.54, 1.807) is 7.05 Å². The van der Waals surface area contributed by atoms with Crippen LogP contribution in [0, 0.1) is 6.92 Å². The van der Waals surface area contributed by atoms with Crippen LogP contribution in [0.5, 0.6) is 0 Å². The van der Waals surface area contributed by atoms with Crippen LogP contribution >= 0.6 is 24.0 Å². The summed E-state index contributed by atoms with van der Waals surface area (Å²) in [6.07, 6.45) is 11.9. The number of hydrogen-bond donors (Lipinski definition) is 2. The highest BCUT2D eigenvalue weighted by molar-refractivity contribution is 14.0. The predicted octanol–water partition coefficient (Wildman–Crippen LogP) is 2.71. The minimum absolute atomic E-state index is 0. The van der Waals surface area contributed by atoms with E-state index in [4.69, 9.17) is 4.74 Å². The number of aromatic nitrogens is 2.